The first kappa shape index (κ1) is 16.0. The molecule has 1 aromatic heterocycles. The molecular weight excluding hydrogens is 322 g/mol. The Morgan fingerprint density at radius 1 is 0.833 bits per heavy atom. The van der Waals surface area contributed by atoms with E-state index in [0.717, 1.165) is 16.7 Å². The fraction of sp³-hybridized carbons (Fsp3) is 0.0556. The van der Waals surface area contributed by atoms with Gasteiger partial charge in [0.15, 0.2) is 0 Å². The van der Waals surface area contributed by atoms with Crippen LogP contribution >= 0.6 is 0 Å². The highest BCUT2D eigenvalue weighted by Gasteiger charge is 2.30. The van der Waals surface area contributed by atoms with Crippen molar-refractivity contribution in [3.05, 3.63) is 88.6 Å². The van der Waals surface area contributed by atoms with Crippen LogP contribution in [0.15, 0.2) is 71.7 Å². The average molecular weight is 333 g/mol. The molecule has 0 fully saturated rings. The zero-order valence-electron chi connectivity index (χ0n) is 12.2. The highest BCUT2D eigenvalue weighted by molar-refractivity contribution is 5.62. The van der Waals surface area contributed by atoms with E-state index in [1.54, 1.807) is 6.07 Å². The zero-order chi connectivity index (χ0) is 17.3. The number of rotatable bonds is 2. The lowest BCUT2D eigenvalue weighted by Crippen LogP contribution is -2.17. The Bertz CT molecular complexity index is 927. The second kappa shape index (κ2) is 5.96. The summed E-state index contributed by atoms with van der Waals surface area (Å²) in [5.41, 5.74) is 0.0576. The van der Waals surface area contributed by atoms with Crippen molar-refractivity contribution >= 4 is 0 Å². The minimum Gasteiger partial charge on any atom is -0.284 e. The van der Waals surface area contributed by atoms with Gasteiger partial charge < -0.3 is 0 Å². The Morgan fingerprint density at radius 3 is 2.17 bits per heavy atom. The maximum atomic E-state index is 13.0. The lowest BCUT2D eigenvalue weighted by atomic mass is 10.1. The summed E-state index contributed by atoms with van der Waals surface area (Å²) in [6.45, 7) is 0. The Balaban J connectivity index is 2.10. The van der Waals surface area contributed by atoms with Gasteiger partial charge in [-0.15, -0.1) is 0 Å². The highest BCUT2D eigenvalue weighted by Crippen LogP contribution is 2.30. The minimum atomic E-state index is -4.49. The van der Waals surface area contributed by atoms with Crippen molar-refractivity contribution in [2.75, 3.05) is 0 Å². The van der Waals surface area contributed by atoms with Crippen LogP contribution in [0.1, 0.15) is 5.56 Å². The number of alkyl halides is 3. The third-order valence-corrected chi connectivity index (χ3v) is 3.54. The summed E-state index contributed by atoms with van der Waals surface area (Å²) in [6.07, 6.45) is -3.06. The molecule has 1 heterocycles. The van der Waals surface area contributed by atoms with Crippen molar-refractivity contribution in [2.24, 2.45) is 0 Å². The van der Waals surface area contributed by atoms with Crippen LogP contribution in [-0.4, -0.2) is 4.57 Å². The van der Waals surface area contributed by atoms with Gasteiger partial charge in [0, 0.05) is 18.0 Å². The van der Waals surface area contributed by atoms with E-state index < -0.39 is 23.1 Å². The summed E-state index contributed by atoms with van der Waals surface area (Å²) in [5, 5.41) is 0. The van der Waals surface area contributed by atoms with Crippen LogP contribution in [0.3, 0.4) is 0 Å². The second-order valence-corrected chi connectivity index (χ2v) is 5.18. The van der Waals surface area contributed by atoms with Crippen LogP contribution in [-0.2, 0) is 6.18 Å². The maximum Gasteiger partial charge on any atom is 0.416 e. The fourth-order valence-electron chi connectivity index (χ4n) is 2.33. The van der Waals surface area contributed by atoms with Crippen molar-refractivity contribution < 1.29 is 17.6 Å². The van der Waals surface area contributed by atoms with Crippen LogP contribution in [0, 0.1) is 5.82 Å². The molecule has 2 nitrogen and oxygen atoms in total. The van der Waals surface area contributed by atoms with Crippen molar-refractivity contribution in [1.29, 1.82) is 0 Å². The Morgan fingerprint density at radius 2 is 1.50 bits per heavy atom. The number of benzene rings is 2. The predicted molar refractivity (Wildman–Crippen MR) is 82.4 cm³/mol. The number of hydrogen-bond donors (Lipinski definition) is 0. The molecule has 0 unspecified atom stereocenters. The van der Waals surface area contributed by atoms with Crippen LogP contribution in [0.2, 0.25) is 0 Å². The van der Waals surface area contributed by atoms with Gasteiger partial charge in [0.2, 0.25) is 0 Å². The van der Waals surface area contributed by atoms with E-state index in [4.69, 9.17) is 0 Å². The normalized spacial score (nSPS) is 11.5. The molecule has 0 atom stereocenters. The van der Waals surface area contributed by atoms with Crippen molar-refractivity contribution in [1.82, 2.24) is 4.57 Å². The van der Waals surface area contributed by atoms with Gasteiger partial charge in [-0.1, -0.05) is 18.2 Å². The van der Waals surface area contributed by atoms with Crippen LogP contribution in [0.25, 0.3) is 16.8 Å². The SMILES string of the molecule is O=c1ccc(-c2ccc(F)cc2)cn1-c1cccc(C(F)(F)F)c1. The fourth-order valence-corrected chi connectivity index (χ4v) is 2.33. The molecule has 0 bridgehead atoms. The molecule has 0 saturated heterocycles. The molecule has 6 heteroatoms. The topological polar surface area (TPSA) is 22.0 Å². The maximum absolute atomic E-state index is 13.0. The van der Waals surface area contributed by atoms with Crippen LogP contribution in [0.5, 0.6) is 0 Å². The summed E-state index contributed by atoms with van der Waals surface area (Å²) in [6, 6.07) is 12.9. The average Bonchev–Trinajstić information content (AvgIpc) is 2.55. The van der Waals surface area contributed by atoms with E-state index in [9.17, 15) is 22.4 Å². The molecule has 0 aliphatic carbocycles. The van der Waals surface area contributed by atoms with Crippen LogP contribution < -0.4 is 5.56 Å². The standard InChI is InChI=1S/C18H11F4NO/c19-15-7-4-12(5-8-15)13-6-9-17(24)23(11-13)16-3-1-2-14(10-16)18(20,21)22/h1-11H. The molecule has 0 spiro atoms. The van der Waals surface area contributed by atoms with Gasteiger partial charge in [-0.05, 0) is 47.5 Å². The molecule has 122 valence electrons. The first-order chi connectivity index (χ1) is 11.3. The molecule has 3 aromatic rings. The molecule has 2 aromatic carbocycles. The molecule has 3 rings (SSSR count). The van der Waals surface area contributed by atoms with Gasteiger partial charge in [-0.2, -0.15) is 13.2 Å². The van der Waals surface area contributed by atoms with Gasteiger partial charge in [0.05, 0.1) is 5.56 Å². The molecule has 0 N–H and O–H groups in total. The van der Waals surface area contributed by atoms with E-state index >= 15 is 0 Å². The smallest absolute Gasteiger partial charge is 0.284 e. The van der Waals surface area contributed by atoms with Gasteiger partial charge in [-0.25, -0.2) is 4.39 Å². The van der Waals surface area contributed by atoms with E-state index in [1.807, 2.05) is 0 Å². The van der Waals surface area contributed by atoms with Crippen LogP contribution in [0.4, 0.5) is 17.6 Å². The molecule has 0 radical (unpaired) electrons. The highest BCUT2D eigenvalue weighted by atomic mass is 19.4. The summed E-state index contributed by atoms with van der Waals surface area (Å²) >= 11 is 0. The Kier molecular flexibility index (Phi) is 3.97. The number of halogens is 4. The molecule has 0 aliphatic heterocycles. The quantitative estimate of drug-likeness (QED) is 0.625. The van der Waals surface area contributed by atoms with Gasteiger partial charge in [0.25, 0.3) is 5.56 Å². The third kappa shape index (κ3) is 3.22. The van der Waals surface area contributed by atoms with Gasteiger partial charge >= 0.3 is 6.18 Å². The van der Waals surface area contributed by atoms with Gasteiger partial charge in [0.1, 0.15) is 5.82 Å². The van der Waals surface area contributed by atoms with Crippen molar-refractivity contribution in [3.8, 4) is 16.8 Å². The molecule has 0 amide bonds. The summed E-state index contributed by atoms with van der Waals surface area (Å²) in [7, 11) is 0. The number of nitrogens with zero attached hydrogens (tertiary/aromatic N) is 1. The summed E-state index contributed by atoms with van der Waals surface area (Å²) < 4.78 is 52.7. The van der Waals surface area contributed by atoms with E-state index in [2.05, 4.69) is 0 Å². The molecule has 0 aliphatic rings. The Labute approximate surface area is 134 Å². The van der Waals surface area contributed by atoms with E-state index in [-0.39, 0.29) is 5.69 Å². The largest absolute Gasteiger partial charge is 0.416 e. The van der Waals surface area contributed by atoms with Crippen molar-refractivity contribution in [2.45, 2.75) is 6.18 Å². The first-order valence-electron chi connectivity index (χ1n) is 7.01. The van der Waals surface area contributed by atoms with Gasteiger partial charge in [-0.3, -0.25) is 9.36 Å². The predicted octanol–water partition coefficient (Wildman–Crippen LogP) is 4.66. The van der Waals surface area contributed by atoms with E-state index in [0.29, 0.717) is 11.1 Å². The zero-order valence-corrected chi connectivity index (χ0v) is 12.2. The lowest BCUT2D eigenvalue weighted by Gasteiger charge is -2.12. The third-order valence-electron chi connectivity index (χ3n) is 3.54. The van der Waals surface area contributed by atoms with Crippen molar-refractivity contribution in [3.63, 3.8) is 0 Å². The number of aromatic nitrogens is 1. The minimum absolute atomic E-state index is 0.110. The summed E-state index contributed by atoms with van der Waals surface area (Å²) in [5.74, 6) is -0.398. The molecule has 24 heavy (non-hydrogen) atoms. The number of hydrogen-bond acceptors (Lipinski definition) is 1. The Hall–Kier alpha value is -2.89. The molecular formula is C18H11F4NO. The van der Waals surface area contributed by atoms with E-state index in [1.165, 1.54) is 48.7 Å². The first-order valence-corrected chi connectivity index (χ1v) is 7.01. The lowest BCUT2D eigenvalue weighted by molar-refractivity contribution is -0.137. The molecule has 0 saturated carbocycles. The number of pyridine rings is 1. The monoisotopic (exact) mass is 333 g/mol. The summed E-state index contributed by atoms with van der Waals surface area (Å²) in [4.78, 5) is 12.0. The second-order valence-electron chi connectivity index (χ2n) is 5.18.